The van der Waals surface area contributed by atoms with Crippen LogP contribution in [0.3, 0.4) is 0 Å². The van der Waals surface area contributed by atoms with Crippen LogP contribution in [0.4, 0.5) is 0 Å². The minimum atomic E-state index is 0.345. The number of likely N-dealkylation sites (tertiary alicyclic amines) is 1. The van der Waals surface area contributed by atoms with Gasteiger partial charge in [0.1, 0.15) is 5.76 Å². The van der Waals surface area contributed by atoms with Gasteiger partial charge in [0.25, 0.3) is 0 Å². The van der Waals surface area contributed by atoms with E-state index in [4.69, 9.17) is 10.2 Å². The Kier molecular flexibility index (Phi) is 2.38. The lowest BCUT2D eigenvalue weighted by Gasteiger charge is -2.21. The molecule has 1 aliphatic rings. The van der Waals surface area contributed by atoms with Gasteiger partial charge in [-0.25, -0.2) is 0 Å². The zero-order chi connectivity index (χ0) is 9.26. The van der Waals surface area contributed by atoms with E-state index in [0.29, 0.717) is 12.1 Å². The Morgan fingerprint density at radius 1 is 1.69 bits per heavy atom. The van der Waals surface area contributed by atoms with Crippen molar-refractivity contribution in [3.8, 4) is 0 Å². The van der Waals surface area contributed by atoms with Crippen LogP contribution in [0.1, 0.15) is 25.1 Å². The highest BCUT2D eigenvalue weighted by molar-refractivity contribution is 5.04. The first-order valence-corrected chi connectivity index (χ1v) is 4.80. The molecule has 2 N–H and O–H groups in total. The summed E-state index contributed by atoms with van der Waals surface area (Å²) in [6.45, 7) is 4.24. The van der Waals surface area contributed by atoms with E-state index in [1.165, 1.54) is 0 Å². The van der Waals surface area contributed by atoms with Crippen LogP contribution in [0, 0.1) is 0 Å². The van der Waals surface area contributed by atoms with Crippen molar-refractivity contribution in [2.24, 2.45) is 5.73 Å². The molecule has 0 spiro atoms. The molecule has 3 nitrogen and oxygen atoms in total. The van der Waals surface area contributed by atoms with Crippen LogP contribution < -0.4 is 5.73 Å². The van der Waals surface area contributed by atoms with Crippen LogP contribution >= 0.6 is 0 Å². The molecular formula is C10H16N2O. The van der Waals surface area contributed by atoms with Crippen LogP contribution in [-0.4, -0.2) is 24.0 Å². The number of nitrogens with two attached hydrogens (primary N) is 1. The summed E-state index contributed by atoms with van der Waals surface area (Å²) in [6, 6.07) is 4.66. The quantitative estimate of drug-likeness (QED) is 0.747. The van der Waals surface area contributed by atoms with Gasteiger partial charge in [-0.15, -0.1) is 0 Å². The summed E-state index contributed by atoms with van der Waals surface area (Å²) in [4.78, 5) is 2.36. The Hall–Kier alpha value is -0.800. The molecule has 13 heavy (non-hydrogen) atoms. The van der Waals surface area contributed by atoms with E-state index in [0.717, 1.165) is 25.3 Å². The number of rotatable bonds is 2. The first kappa shape index (κ1) is 8.78. The summed E-state index contributed by atoms with van der Waals surface area (Å²) >= 11 is 0. The van der Waals surface area contributed by atoms with Crippen molar-refractivity contribution in [2.45, 2.75) is 25.4 Å². The summed E-state index contributed by atoms with van der Waals surface area (Å²) in [6.07, 6.45) is 2.83. The Morgan fingerprint density at radius 2 is 2.54 bits per heavy atom. The fourth-order valence-electron chi connectivity index (χ4n) is 1.88. The number of hydrogen-bond acceptors (Lipinski definition) is 3. The maximum absolute atomic E-state index is 5.84. The highest BCUT2D eigenvalue weighted by Crippen LogP contribution is 2.23. The summed E-state index contributed by atoms with van der Waals surface area (Å²) in [5.41, 5.74) is 5.84. The molecule has 0 aliphatic carbocycles. The first-order valence-electron chi connectivity index (χ1n) is 4.80. The van der Waals surface area contributed by atoms with Crippen LogP contribution in [0.15, 0.2) is 22.8 Å². The molecule has 1 aliphatic heterocycles. The topological polar surface area (TPSA) is 42.4 Å². The van der Waals surface area contributed by atoms with Gasteiger partial charge >= 0.3 is 0 Å². The molecule has 2 rings (SSSR count). The van der Waals surface area contributed by atoms with Crippen molar-refractivity contribution in [1.82, 2.24) is 4.90 Å². The average Bonchev–Trinajstić information content (AvgIpc) is 2.72. The molecule has 1 aromatic heterocycles. The van der Waals surface area contributed by atoms with Gasteiger partial charge in [-0.1, -0.05) is 0 Å². The second kappa shape index (κ2) is 3.52. The summed E-state index contributed by atoms with van der Waals surface area (Å²) in [7, 11) is 0. The van der Waals surface area contributed by atoms with Gasteiger partial charge in [0.15, 0.2) is 0 Å². The molecule has 0 unspecified atom stereocenters. The predicted molar refractivity (Wildman–Crippen MR) is 51.3 cm³/mol. The molecule has 3 heteroatoms. The molecule has 0 aromatic carbocycles. The Bertz CT molecular complexity index is 258. The fraction of sp³-hybridized carbons (Fsp3) is 0.600. The van der Waals surface area contributed by atoms with E-state index in [1.807, 2.05) is 12.1 Å². The summed E-state index contributed by atoms with van der Waals surface area (Å²) < 4.78 is 5.36. The summed E-state index contributed by atoms with van der Waals surface area (Å²) in [5.74, 6) is 1.04. The van der Waals surface area contributed by atoms with E-state index < -0.39 is 0 Å². The van der Waals surface area contributed by atoms with Crippen molar-refractivity contribution < 1.29 is 4.42 Å². The van der Waals surface area contributed by atoms with Gasteiger partial charge < -0.3 is 10.2 Å². The van der Waals surface area contributed by atoms with Crippen molar-refractivity contribution in [1.29, 1.82) is 0 Å². The Labute approximate surface area is 78.5 Å². The molecule has 1 fully saturated rings. The van der Waals surface area contributed by atoms with Crippen LogP contribution in [0.5, 0.6) is 0 Å². The molecular weight excluding hydrogens is 164 g/mol. The lowest BCUT2D eigenvalue weighted by Crippen LogP contribution is -2.28. The average molecular weight is 180 g/mol. The van der Waals surface area contributed by atoms with E-state index in [1.54, 1.807) is 6.26 Å². The normalized spacial score (nSPS) is 26.5. The second-order valence-electron chi connectivity index (χ2n) is 3.74. The van der Waals surface area contributed by atoms with E-state index in [-0.39, 0.29) is 0 Å². The number of hydrogen-bond donors (Lipinski definition) is 1. The maximum Gasteiger partial charge on any atom is 0.120 e. The van der Waals surface area contributed by atoms with Crippen LogP contribution in [-0.2, 0) is 0 Å². The van der Waals surface area contributed by atoms with Gasteiger partial charge in [-0.05, 0) is 25.5 Å². The lowest BCUT2D eigenvalue weighted by atomic mass is 10.2. The van der Waals surface area contributed by atoms with Gasteiger partial charge in [-0.2, -0.15) is 0 Å². The van der Waals surface area contributed by atoms with Gasteiger partial charge in [0.05, 0.1) is 12.3 Å². The van der Waals surface area contributed by atoms with Crippen LogP contribution in [0.25, 0.3) is 0 Å². The lowest BCUT2D eigenvalue weighted by molar-refractivity contribution is 0.229. The zero-order valence-corrected chi connectivity index (χ0v) is 7.94. The minimum absolute atomic E-state index is 0.345. The van der Waals surface area contributed by atoms with Crippen molar-refractivity contribution >= 4 is 0 Å². The monoisotopic (exact) mass is 180 g/mol. The molecule has 0 radical (unpaired) electrons. The zero-order valence-electron chi connectivity index (χ0n) is 7.94. The molecule has 0 bridgehead atoms. The summed E-state index contributed by atoms with van der Waals surface area (Å²) in [5, 5.41) is 0. The maximum atomic E-state index is 5.84. The SMILES string of the molecule is C[C@@H](c1ccco1)N1CC[C@H](N)C1. The molecule has 1 saturated heterocycles. The van der Waals surface area contributed by atoms with Crippen molar-refractivity contribution in [2.75, 3.05) is 13.1 Å². The number of furan rings is 1. The van der Waals surface area contributed by atoms with E-state index in [2.05, 4.69) is 11.8 Å². The highest BCUT2D eigenvalue weighted by Gasteiger charge is 2.25. The van der Waals surface area contributed by atoms with Crippen LogP contribution in [0.2, 0.25) is 0 Å². The third-order valence-electron chi connectivity index (χ3n) is 2.76. The Balaban J connectivity index is 2.02. The first-order chi connectivity index (χ1) is 6.27. The Morgan fingerprint density at radius 3 is 3.08 bits per heavy atom. The van der Waals surface area contributed by atoms with Gasteiger partial charge in [-0.3, -0.25) is 4.90 Å². The van der Waals surface area contributed by atoms with Gasteiger partial charge in [0, 0.05) is 19.1 Å². The third kappa shape index (κ3) is 1.76. The largest absolute Gasteiger partial charge is 0.468 e. The smallest absolute Gasteiger partial charge is 0.120 e. The second-order valence-corrected chi connectivity index (χ2v) is 3.74. The molecule has 0 amide bonds. The number of nitrogens with zero attached hydrogens (tertiary/aromatic N) is 1. The van der Waals surface area contributed by atoms with E-state index in [9.17, 15) is 0 Å². The third-order valence-corrected chi connectivity index (χ3v) is 2.76. The van der Waals surface area contributed by atoms with Gasteiger partial charge in [0.2, 0.25) is 0 Å². The van der Waals surface area contributed by atoms with Crippen molar-refractivity contribution in [3.05, 3.63) is 24.2 Å². The van der Waals surface area contributed by atoms with Crippen molar-refractivity contribution in [3.63, 3.8) is 0 Å². The minimum Gasteiger partial charge on any atom is -0.468 e. The molecule has 2 heterocycles. The standard InChI is InChI=1S/C10H16N2O/c1-8(10-3-2-6-13-10)12-5-4-9(11)7-12/h2-3,6,8-9H,4-5,7,11H2,1H3/t8-,9-/m0/s1. The highest BCUT2D eigenvalue weighted by atomic mass is 16.3. The van der Waals surface area contributed by atoms with E-state index >= 15 is 0 Å². The molecule has 2 atom stereocenters. The predicted octanol–water partition coefficient (Wildman–Crippen LogP) is 1.37. The fourth-order valence-corrected chi connectivity index (χ4v) is 1.88. The molecule has 72 valence electrons. The molecule has 1 aromatic rings. The molecule has 0 saturated carbocycles.